The Morgan fingerprint density at radius 1 is 1.17 bits per heavy atom. The molecular formula is C17H13N3O3S. The van der Waals surface area contributed by atoms with Crippen LogP contribution in [-0.4, -0.2) is 22.7 Å². The number of amides is 1. The molecule has 2 aromatic heterocycles. The molecule has 3 aromatic rings. The van der Waals surface area contributed by atoms with Crippen molar-refractivity contribution in [3.63, 3.8) is 0 Å². The van der Waals surface area contributed by atoms with Gasteiger partial charge in [-0.05, 0) is 35.9 Å². The predicted octanol–water partition coefficient (Wildman–Crippen LogP) is 2.86. The van der Waals surface area contributed by atoms with E-state index in [1.165, 1.54) is 11.3 Å². The molecule has 1 aliphatic heterocycles. The van der Waals surface area contributed by atoms with E-state index in [4.69, 9.17) is 9.47 Å². The molecule has 1 N–H and O–H groups in total. The molecule has 0 bridgehead atoms. The highest BCUT2D eigenvalue weighted by molar-refractivity contribution is 7.16. The van der Waals surface area contributed by atoms with Gasteiger partial charge in [-0.1, -0.05) is 0 Å². The number of nitrogens with zero attached hydrogens (tertiary/aromatic N) is 2. The summed E-state index contributed by atoms with van der Waals surface area (Å²) >= 11 is 1.34. The second kappa shape index (κ2) is 6.29. The number of carbonyl (C=O) groups excluding carboxylic acids is 1. The fourth-order valence-electron chi connectivity index (χ4n) is 2.31. The summed E-state index contributed by atoms with van der Waals surface area (Å²) in [6, 6.07) is 9.36. The van der Waals surface area contributed by atoms with Gasteiger partial charge in [0.15, 0.2) is 11.5 Å². The molecule has 1 aliphatic rings. The Bertz CT molecular complexity index is 880. The number of carbonyl (C=O) groups is 1. The van der Waals surface area contributed by atoms with E-state index in [-0.39, 0.29) is 12.7 Å². The summed E-state index contributed by atoms with van der Waals surface area (Å²) in [7, 11) is 0. The van der Waals surface area contributed by atoms with E-state index in [0.29, 0.717) is 17.2 Å². The summed E-state index contributed by atoms with van der Waals surface area (Å²) in [5.74, 6) is 1.29. The van der Waals surface area contributed by atoms with Gasteiger partial charge < -0.3 is 14.8 Å². The molecule has 0 saturated carbocycles. The van der Waals surface area contributed by atoms with Crippen LogP contribution in [0.15, 0.2) is 48.9 Å². The molecule has 7 heteroatoms. The first kappa shape index (κ1) is 14.6. The summed E-state index contributed by atoms with van der Waals surface area (Å²) in [6.45, 7) is 0.692. The molecule has 0 radical (unpaired) electrons. The van der Waals surface area contributed by atoms with Gasteiger partial charge in [0.2, 0.25) is 6.79 Å². The zero-order valence-corrected chi connectivity index (χ0v) is 13.4. The zero-order chi connectivity index (χ0) is 16.4. The number of benzene rings is 1. The van der Waals surface area contributed by atoms with Crippen LogP contribution in [0.5, 0.6) is 11.5 Å². The SMILES string of the molecule is O=C(NCc1ccncc1)c1cnc(-c2ccc3c(c2)OCO3)s1. The first-order valence-corrected chi connectivity index (χ1v) is 8.14. The molecule has 4 rings (SSSR count). The third kappa shape index (κ3) is 2.93. The Morgan fingerprint density at radius 3 is 2.88 bits per heavy atom. The van der Waals surface area contributed by atoms with Gasteiger partial charge in [-0.15, -0.1) is 11.3 Å². The van der Waals surface area contributed by atoms with Gasteiger partial charge in [-0.25, -0.2) is 4.98 Å². The van der Waals surface area contributed by atoms with Crippen molar-refractivity contribution >= 4 is 17.2 Å². The Labute approximate surface area is 142 Å². The lowest BCUT2D eigenvalue weighted by Crippen LogP contribution is -2.21. The average Bonchev–Trinajstić information content (AvgIpc) is 3.29. The van der Waals surface area contributed by atoms with Gasteiger partial charge in [0.05, 0.1) is 6.20 Å². The lowest BCUT2D eigenvalue weighted by Gasteiger charge is -2.02. The van der Waals surface area contributed by atoms with Crippen LogP contribution in [0, 0.1) is 0 Å². The van der Waals surface area contributed by atoms with Crippen LogP contribution < -0.4 is 14.8 Å². The maximum absolute atomic E-state index is 12.2. The molecule has 0 saturated heterocycles. The van der Waals surface area contributed by atoms with Crippen LogP contribution >= 0.6 is 11.3 Å². The summed E-state index contributed by atoms with van der Waals surface area (Å²) in [6.07, 6.45) is 4.99. The molecule has 6 nitrogen and oxygen atoms in total. The van der Waals surface area contributed by atoms with Gasteiger partial charge in [-0.3, -0.25) is 9.78 Å². The van der Waals surface area contributed by atoms with Gasteiger partial charge in [-0.2, -0.15) is 0 Å². The zero-order valence-electron chi connectivity index (χ0n) is 12.6. The maximum atomic E-state index is 12.2. The van der Waals surface area contributed by atoms with Gasteiger partial charge >= 0.3 is 0 Å². The lowest BCUT2D eigenvalue weighted by atomic mass is 10.2. The van der Waals surface area contributed by atoms with Crippen LogP contribution in [0.1, 0.15) is 15.2 Å². The van der Waals surface area contributed by atoms with Crippen molar-refractivity contribution in [2.45, 2.75) is 6.54 Å². The van der Waals surface area contributed by atoms with E-state index in [1.54, 1.807) is 18.6 Å². The molecular weight excluding hydrogens is 326 g/mol. The van der Waals surface area contributed by atoms with Crippen molar-refractivity contribution in [1.29, 1.82) is 0 Å². The van der Waals surface area contributed by atoms with Gasteiger partial charge in [0.1, 0.15) is 9.88 Å². The van der Waals surface area contributed by atoms with Crippen LogP contribution in [0.2, 0.25) is 0 Å². The number of nitrogens with one attached hydrogen (secondary N) is 1. The van der Waals surface area contributed by atoms with Crippen molar-refractivity contribution in [2.24, 2.45) is 0 Å². The standard InChI is InChI=1S/C17H13N3O3S/c21-16(19-8-11-3-5-18-6-4-11)15-9-20-17(24-15)12-1-2-13-14(7-12)23-10-22-13/h1-7,9H,8,10H2,(H,19,21). The Kier molecular flexibility index (Phi) is 3.84. The van der Waals surface area contributed by atoms with E-state index in [0.717, 1.165) is 21.9 Å². The minimum atomic E-state index is -0.142. The molecule has 1 aromatic carbocycles. The highest BCUT2D eigenvalue weighted by Crippen LogP contribution is 2.36. The maximum Gasteiger partial charge on any atom is 0.263 e. The highest BCUT2D eigenvalue weighted by Gasteiger charge is 2.16. The van der Waals surface area contributed by atoms with Crippen LogP contribution in [0.3, 0.4) is 0 Å². The van der Waals surface area contributed by atoms with E-state index >= 15 is 0 Å². The number of aromatic nitrogens is 2. The van der Waals surface area contributed by atoms with Gasteiger partial charge in [0.25, 0.3) is 5.91 Å². The first-order chi connectivity index (χ1) is 11.8. The molecule has 24 heavy (non-hydrogen) atoms. The van der Waals surface area contributed by atoms with E-state index in [2.05, 4.69) is 15.3 Å². The Morgan fingerprint density at radius 2 is 2.00 bits per heavy atom. The predicted molar refractivity (Wildman–Crippen MR) is 89.1 cm³/mol. The van der Waals surface area contributed by atoms with Crippen molar-refractivity contribution in [3.8, 4) is 22.1 Å². The number of fused-ring (bicyclic) bond motifs is 1. The number of hydrogen-bond donors (Lipinski definition) is 1. The molecule has 1 amide bonds. The summed E-state index contributed by atoms with van der Waals surface area (Å²) in [4.78, 5) is 21.1. The molecule has 0 fully saturated rings. The average molecular weight is 339 g/mol. The number of ether oxygens (including phenoxy) is 2. The quantitative estimate of drug-likeness (QED) is 0.791. The summed E-state index contributed by atoms with van der Waals surface area (Å²) in [5, 5.41) is 3.65. The van der Waals surface area contributed by atoms with Crippen molar-refractivity contribution < 1.29 is 14.3 Å². The monoisotopic (exact) mass is 339 g/mol. The molecule has 0 unspecified atom stereocenters. The largest absolute Gasteiger partial charge is 0.454 e. The van der Waals surface area contributed by atoms with E-state index in [1.807, 2.05) is 30.3 Å². The van der Waals surface area contributed by atoms with Crippen molar-refractivity contribution in [3.05, 3.63) is 59.4 Å². The molecule has 3 heterocycles. The molecule has 0 spiro atoms. The summed E-state index contributed by atoms with van der Waals surface area (Å²) < 4.78 is 10.7. The summed E-state index contributed by atoms with van der Waals surface area (Å²) in [5.41, 5.74) is 1.90. The van der Waals surface area contributed by atoms with E-state index in [9.17, 15) is 4.79 Å². The highest BCUT2D eigenvalue weighted by atomic mass is 32.1. The minimum Gasteiger partial charge on any atom is -0.454 e. The van der Waals surface area contributed by atoms with Crippen LogP contribution in [0.25, 0.3) is 10.6 Å². The number of rotatable bonds is 4. The van der Waals surface area contributed by atoms with Crippen LogP contribution in [0.4, 0.5) is 0 Å². The molecule has 0 aliphatic carbocycles. The van der Waals surface area contributed by atoms with E-state index < -0.39 is 0 Å². The second-order valence-corrected chi connectivity index (χ2v) is 6.17. The Hall–Kier alpha value is -2.93. The number of thiazole rings is 1. The van der Waals surface area contributed by atoms with Crippen molar-refractivity contribution in [2.75, 3.05) is 6.79 Å². The Balaban J connectivity index is 1.47. The van der Waals surface area contributed by atoms with Gasteiger partial charge in [0, 0.05) is 24.5 Å². The topological polar surface area (TPSA) is 73.3 Å². The van der Waals surface area contributed by atoms with Crippen LogP contribution in [-0.2, 0) is 6.54 Å². The third-order valence-electron chi connectivity index (χ3n) is 3.55. The number of pyridine rings is 1. The first-order valence-electron chi connectivity index (χ1n) is 7.32. The van der Waals surface area contributed by atoms with Crippen molar-refractivity contribution in [1.82, 2.24) is 15.3 Å². The fourth-order valence-corrected chi connectivity index (χ4v) is 3.14. The number of hydrogen-bond acceptors (Lipinski definition) is 6. The fraction of sp³-hybridized carbons (Fsp3) is 0.118. The molecule has 120 valence electrons. The molecule has 0 atom stereocenters. The minimum absolute atomic E-state index is 0.142. The smallest absolute Gasteiger partial charge is 0.263 e. The third-order valence-corrected chi connectivity index (χ3v) is 4.60. The lowest BCUT2D eigenvalue weighted by molar-refractivity contribution is 0.0954. The second-order valence-electron chi connectivity index (χ2n) is 5.14. The normalized spacial score (nSPS) is 12.2.